The predicted molar refractivity (Wildman–Crippen MR) is 36.2 cm³/mol. The van der Waals surface area contributed by atoms with Crippen molar-refractivity contribution in [2.24, 2.45) is 0 Å². The van der Waals surface area contributed by atoms with Crippen molar-refractivity contribution in [3.05, 3.63) is 0 Å². The molecule has 1 fully saturated rings. The lowest BCUT2D eigenvalue weighted by Gasteiger charge is -2.13. The molecule has 0 amide bonds. The lowest BCUT2D eigenvalue weighted by Crippen LogP contribution is -2.22. The summed E-state index contributed by atoms with van der Waals surface area (Å²) >= 11 is 0. The van der Waals surface area contributed by atoms with E-state index in [1.807, 2.05) is 6.55 Å². The third-order valence-corrected chi connectivity index (χ3v) is 6.01. The number of halogens is 1. The third kappa shape index (κ3) is 0.942. The minimum Gasteiger partial charge on any atom is -0.314 e. The molecule has 0 nitrogen and oxygen atoms in total. The van der Waals surface area contributed by atoms with Gasteiger partial charge < -0.3 is 4.11 Å². The molecule has 0 spiro atoms. The molecule has 1 saturated heterocycles. The molecule has 0 aliphatic carbocycles. The van der Waals surface area contributed by atoms with Gasteiger partial charge in [0.05, 0.1) is 0 Å². The summed E-state index contributed by atoms with van der Waals surface area (Å²) in [5.74, 6) is 0. The Morgan fingerprint density at radius 1 is 1.62 bits per heavy atom. The van der Waals surface area contributed by atoms with Gasteiger partial charge in [0.15, 0.2) is 0 Å². The van der Waals surface area contributed by atoms with Gasteiger partial charge in [0, 0.05) is 0 Å². The van der Waals surface area contributed by atoms with E-state index in [-0.39, 0.29) is 0 Å². The van der Waals surface area contributed by atoms with E-state index in [1.54, 1.807) is 0 Å². The maximum absolute atomic E-state index is 13.1. The van der Waals surface area contributed by atoms with Crippen molar-refractivity contribution < 1.29 is 4.11 Å². The van der Waals surface area contributed by atoms with Crippen LogP contribution in [-0.2, 0) is 0 Å². The number of rotatable bonds is 0. The van der Waals surface area contributed by atoms with Crippen molar-refractivity contribution in [2.75, 3.05) is 0 Å². The Kier molecular flexibility index (Phi) is 1.43. The van der Waals surface area contributed by atoms with Crippen LogP contribution in [-0.4, -0.2) is 8.41 Å². The standard InChI is InChI=1S/C6H13FSi/c1-6-4-3-5-8(6,2)7/h6H,3-5H2,1-2H3/t6-,8?/m1/s1. The second-order valence-electron chi connectivity index (χ2n) is 3.07. The van der Waals surface area contributed by atoms with Gasteiger partial charge in [-0.15, -0.1) is 0 Å². The van der Waals surface area contributed by atoms with Crippen molar-refractivity contribution in [3.8, 4) is 0 Å². The van der Waals surface area contributed by atoms with Gasteiger partial charge in [-0.2, -0.15) is 0 Å². The Hall–Kier alpha value is 0.147. The van der Waals surface area contributed by atoms with Crippen LogP contribution in [0.2, 0.25) is 18.1 Å². The summed E-state index contributed by atoms with van der Waals surface area (Å²) in [4.78, 5) is 0. The SMILES string of the molecule is C[C@@H]1CCC[Si]1(C)F. The first-order valence-corrected chi connectivity index (χ1v) is 5.98. The zero-order valence-electron chi connectivity index (χ0n) is 5.58. The Bertz CT molecular complexity index is 90.5. The minimum atomic E-state index is -2.14. The maximum Gasteiger partial charge on any atom is 0.246 e. The largest absolute Gasteiger partial charge is 0.314 e. The Morgan fingerprint density at radius 3 is 2.38 bits per heavy atom. The van der Waals surface area contributed by atoms with Crippen LogP contribution in [0.3, 0.4) is 0 Å². The molecular formula is C6H13FSi. The van der Waals surface area contributed by atoms with Crippen molar-refractivity contribution in [3.63, 3.8) is 0 Å². The molecule has 0 bridgehead atoms. The van der Waals surface area contributed by atoms with E-state index in [4.69, 9.17) is 0 Å². The van der Waals surface area contributed by atoms with E-state index >= 15 is 0 Å². The van der Waals surface area contributed by atoms with Crippen molar-refractivity contribution in [1.82, 2.24) is 0 Å². The quantitative estimate of drug-likeness (QED) is 0.351. The van der Waals surface area contributed by atoms with Crippen LogP contribution in [0.1, 0.15) is 19.8 Å². The number of hydrogen-bond acceptors (Lipinski definition) is 0. The van der Waals surface area contributed by atoms with E-state index in [9.17, 15) is 4.11 Å². The fourth-order valence-electron chi connectivity index (χ4n) is 1.30. The van der Waals surface area contributed by atoms with Crippen LogP contribution < -0.4 is 0 Å². The monoisotopic (exact) mass is 132 g/mol. The van der Waals surface area contributed by atoms with E-state index in [1.165, 1.54) is 0 Å². The van der Waals surface area contributed by atoms with Crippen LogP contribution in [0.25, 0.3) is 0 Å². The molecule has 1 rings (SSSR count). The zero-order valence-corrected chi connectivity index (χ0v) is 6.58. The zero-order chi connectivity index (χ0) is 6.20. The summed E-state index contributed by atoms with van der Waals surface area (Å²) in [7, 11) is -2.14. The van der Waals surface area contributed by atoms with E-state index in [2.05, 4.69) is 6.92 Å². The molecule has 0 aromatic rings. The average Bonchev–Trinajstić information content (AvgIpc) is 1.86. The molecule has 0 radical (unpaired) electrons. The summed E-state index contributed by atoms with van der Waals surface area (Å²) in [5, 5.41) is 0. The highest BCUT2D eigenvalue weighted by Gasteiger charge is 2.38. The molecule has 1 heterocycles. The Balaban J connectivity index is 2.54. The van der Waals surface area contributed by atoms with Gasteiger partial charge in [-0.1, -0.05) is 19.8 Å². The highest BCUT2D eigenvalue weighted by Crippen LogP contribution is 2.39. The molecular weight excluding hydrogens is 119 g/mol. The topological polar surface area (TPSA) is 0 Å². The Labute approximate surface area is 51.3 Å². The smallest absolute Gasteiger partial charge is 0.246 e. The fraction of sp³-hybridized carbons (Fsp3) is 1.00. The first-order chi connectivity index (χ1) is 3.63. The molecule has 0 aromatic heterocycles. The van der Waals surface area contributed by atoms with Gasteiger partial charge in [-0.05, 0) is 18.1 Å². The van der Waals surface area contributed by atoms with E-state index in [0.29, 0.717) is 5.54 Å². The first kappa shape index (κ1) is 6.27. The summed E-state index contributed by atoms with van der Waals surface area (Å²) in [6.45, 7) is 3.91. The second-order valence-corrected chi connectivity index (χ2v) is 7.11. The van der Waals surface area contributed by atoms with Gasteiger partial charge in [-0.3, -0.25) is 0 Å². The minimum absolute atomic E-state index is 0.433. The molecule has 0 aromatic carbocycles. The molecule has 1 unspecified atom stereocenters. The van der Waals surface area contributed by atoms with Gasteiger partial charge in [0.25, 0.3) is 0 Å². The Morgan fingerprint density at radius 2 is 2.25 bits per heavy atom. The molecule has 1 aliphatic rings. The molecule has 2 atom stereocenters. The van der Waals surface area contributed by atoms with Crippen molar-refractivity contribution in [1.29, 1.82) is 0 Å². The summed E-state index contributed by atoms with van der Waals surface area (Å²) in [6, 6.07) is 0.911. The normalized spacial score (nSPS) is 47.6. The highest BCUT2D eigenvalue weighted by molar-refractivity contribution is 6.73. The summed E-state index contributed by atoms with van der Waals surface area (Å²) in [5.41, 5.74) is 0.433. The molecule has 1 aliphatic heterocycles. The van der Waals surface area contributed by atoms with Gasteiger partial charge in [0.1, 0.15) is 0 Å². The molecule has 8 heavy (non-hydrogen) atoms. The molecule has 0 saturated carbocycles. The van der Waals surface area contributed by atoms with Gasteiger partial charge in [-0.25, -0.2) is 0 Å². The maximum atomic E-state index is 13.1. The van der Waals surface area contributed by atoms with Crippen LogP contribution in [0.15, 0.2) is 0 Å². The first-order valence-electron chi connectivity index (χ1n) is 3.32. The van der Waals surface area contributed by atoms with E-state index < -0.39 is 8.41 Å². The van der Waals surface area contributed by atoms with Crippen LogP contribution in [0.5, 0.6) is 0 Å². The van der Waals surface area contributed by atoms with Crippen LogP contribution in [0, 0.1) is 0 Å². The van der Waals surface area contributed by atoms with Crippen LogP contribution in [0.4, 0.5) is 4.11 Å². The molecule has 2 heteroatoms. The highest BCUT2D eigenvalue weighted by atomic mass is 28.4. The third-order valence-electron chi connectivity index (χ3n) is 2.33. The second kappa shape index (κ2) is 1.83. The lowest BCUT2D eigenvalue weighted by atomic mass is 10.3. The van der Waals surface area contributed by atoms with Crippen molar-refractivity contribution >= 4 is 8.41 Å². The van der Waals surface area contributed by atoms with Crippen LogP contribution >= 0.6 is 0 Å². The predicted octanol–water partition coefficient (Wildman–Crippen LogP) is 2.72. The lowest BCUT2D eigenvalue weighted by molar-refractivity contribution is 0.736. The summed E-state index contributed by atoms with van der Waals surface area (Å²) in [6.07, 6.45) is 2.28. The summed E-state index contributed by atoms with van der Waals surface area (Å²) < 4.78 is 13.1. The molecule has 48 valence electrons. The fourth-order valence-corrected chi connectivity index (χ4v) is 3.50. The van der Waals surface area contributed by atoms with Crippen molar-refractivity contribution in [2.45, 2.75) is 37.9 Å². The van der Waals surface area contributed by atoms with E-state index in [0.717, 1.165) is 18.9 Å². The number of hydrogen-bond donors (Lipinski definition) is 0. The van der Waals surface area contributed by atoms with Gasteiger partial charge >= 0.3 is 0 Å². The average molecular weight is 132 g/mol. The van der Waals surface area contributed by atoms with Gasteiger partial charge in [0.2, 0.25) is 8.41 Å². The molecule has 0 N–H and O–H groups in total.